The highest BCUT2D eigenvalue weighted by Gasteiger charge is 2.32. The SMILES string of the molecule is CC1=c2c3c(c(-c4[c][c]ccc4)c4c5cccc2c5c4c3-c2cccc3ccccc23)[SiH]1. The van der Waals surface area contributed by atoms with Crippen molar-refractivity contribution in [1.82, 2.24) is 0 Å². The van der Waals surface area contributed by atoms with E-state index in [1.54, 1.807) is 10.4 Å². The minimum absolute atomic E-state index is 0.0783. The van der Waals surface area contributed by atoms with E-state index in [0.717, 1.165) is 0 Å². The Bertz CT molecular complexity index is 1890. The molecule has 0 aromatic heterocycles. The van der Waals surface area contributed by atoms with Crippen LogP contribution in [0.25, 0.3) is 70.5 Å². The number of hydrogen-bond donors (Lipinski definition) is 0. The highest BCUT2D eigenvalue weighted by molar-refractivity contribution is 6.78. The molecule has 0 unspecified atom stereocenters. The van der Waals surface area contributed by atoms with Crippen molar-refractivity contribution in [2.24, 2.45) is 0 Å². The molecule has 7 aromatic carbocycles. The van der Waals surface area contributed by atoms with Gasteiger partial charge in [0.1, 0.15) is 0 Å². The van der Waals surface area contributed by atoms with Crippen LogP contribution in [0.3, 0.4) is 0 Å². The van der Waals surface area contributed by atoms with Gasteiger partial charge in [0.15, 0.2) is 0 Å². The molecule has 1 aliphatic heterocycles. The molecule has 145 valence electrons. The summed E-state index contributed by atoms with van der Waals surface area (Å²) in [5.74, 6) is 0. The number of benzene rings is 6. The summed E-state index contributed by atoms with van der Waals surface area (Å²) >= 11 is 0. The van der Waals surface area contributed by atoms with Crippen molar-refractivity contribution in [3.8, 4) is 22.3 Å². The molecule has 0 amide bonds. The van der Waals surface area contributed by atoms with E-state index in [2.05, 4.69) is 91.9 Å². The van der Waals surface area contributed by atoms with E-state index < -0.39 is 0 Å². The first-order valence-corrected chi connectivity index (χ1v) is 12.3. The van der Waals surface area contributed by atoms with Crippen LogP contribution in [0.15, 0.2) is 78.9 Å². The standard InChI is InChI=1S/C31H17Si/c1-17-24-22-15-8-16-23-26(22)29-27(21-14-7-12-18-9-5-6-13-20(18)21)30(24)31(32-17)25(28(23)29)19-10-3-2-4-11-19/h2-3,5-10,12-16,32H,1H3. The van der Waals surface area contributed by atoms with Gasteiger partial charge in [0.25, 0.3) is 0 Å². The third kappa shape index (κ3) is 1.86. The van der Waals surface area contributed by atoms with Crippen LogP contribution in [-0.2, 0) is 0 Å². The van der Waals surface area contributed by atoms with Crippen LogP contribution in [0.4, 0.5) is 0 Å². The topological polar surface area (TPSA) is 0 Å². The van der Waals surface area contributed by atoms with Crippen molar-refractivity contribution >= 4 is 63.0 Å². The van der Waals surface area contributed by atoms with Gasteiger partial charge in [-0.05, 0) is 94.8 Å². The van der Waals surface area contributed by atoms with Crippen LogP contribution in [-0.4, -0.2) is 9.52 Å². The van der Waals surface area contributed by atoms with Crippen molar-refractivity contribution in [3.63, 3.8) is 0 Å². The summed E-state index contributed by atoms with van der Waals surface area (Å²) in [6, 6.07) is 35.4. The number of fused-ring (bicyclic) bond motifs is 3. The summed E-state index contributed by atoms with van der Waals surface area (Å²) in [7, 11) is 0.0783. The molecule has 3 radical (unpaired) electrons. The Balaban J connectivity index is 1.67. The Morgan fingerprint density at radius 1 is 0.656 bits per heavy atom. The molecule has 1 aliphatic rings. The quantitative estimate of drug-likeness (QED) is 0.301. The summed E-state index contributed by atoms with van der Waals surface area (Å²) in [6.45, 7) is 2.36. The molecule has 1 heterocycles. The maximum absolute atomic E-state index is 3.43. The molecule has 32 heavy (non-hydrogen) atoms. The van der Waals surface area contributed by atoms with Gasteiger partial charge < -0.3 is 0 Å². The van der Waals surface area contributed by atoms with Gasteiger partial charge in [-0.3, -0.25) is 0 Å². The fourth-order valence-electron chi connectivity index (χ4n) is 6.19. The molecule has 8 rings (SSSR count). The molecule has 0 saturated carbocycles. The minimum atomic E-state index is 0.0783. The van der Waals surface area contributed by atoms with E-state index in [4.69, 9.17) is 0 Å². The zero-order chi connectivity index (χ0) is 21.0. The van der Waals surface area contributed by atoms with Gasteiger partial charge in [-0.2, -0.15) is 0 Å². The van der Waals surface area contributed by atoms with E-state index in [-0.39, 0.29) is 9.52 Å². The third-order valence-electron chi connectivity index (χ3n) is 7.37. The lowest BCUT2D eigenvalue weighted by Gasteiger charge is -2.27. The second kappa shape index (κ2) is 5.76. The van der Waals surface area contributed by atoms with Gasteiger partial charge in [-0.1, -0.05) is 84.1 Å². The lowest BCUT2D eigenvalue weighted by atomic mass is 9.76. The number of rotatable bonds is 2. The molecule has 2 bridgehead atoms. The van der Waals surface area contributed by atoms with Gasteiger partial charge >= 0.3 is 0 Å². The predicted octanol–water partition coefficient (Wildman–Crippen LogP) is 6.03. The second-order valence-corrected chi connectivity index (χ2v) is 10.7. The summed E-state index contributed by atoms with van der Waals surface area (Å²) < 4.78 is 0. The molecule has 0 nitrogen and oxygen atoms in total. The van der Waals surface area contributed by atoms with E-state index in [0.29, 0.717) is 0 Å². The van der Waals surface area contributed by atoms with Crippen LogP contribution < -0.4 is 10.4 Å². The molecule has 0 fully saturated rings. The van der Waals surface area contributed by atoms with Crippen LogP contribution in [0.1, 0.15) is 6.92 Å². The molecule has 1 heteroatoms. The van der Waals surface area contributed by atoms with Crippen molar-refractivity contribution in [2.75, 3.05) is 0 Å². The first-order valence-electron chi connectivity index (χ1n) is 11.1. The van der Waals surface area contributed by atoms with Crippen LogP contribution in [0.5, 0.6) is 0 Å². The predicted molar refractivity (Wildman–Crippen MR) is 138 cm³/mol. The zero-order valence-corrected chi connectivity index (χ0v) is 18.7. The van der Waals surface area contributed by atoms with Gasteiger partial charge in [-0.25, -0.2) is 0 Å². The first kappa shape index (κ1) is 16.9. The van der Waals surface area contributed by atoms with Crippen molar-refractivity contribution < 1.29 is 0 Å². The first-order chi connectivity index (χ1) is 15.8. The molecule has 0 spiro atoms. The van der Waals surface area contributed by atoms with Crippen LogP contribution in [0.2, 0.25) is 0 Å². The molecule has 7 aromatic rings. The van der Waals surface area contributed by atoms with Crippen LogP contribution in [0, 0.1) is 12.1 Å². The molecule has 0 N–H and O–H groups in total. The van der Waals surface area contributed by atoms with E-state index in [1.165, 1.54) is 70.6 Å². The smallest absolute Gasteiger partial charge is 0.0757 e. The monoisotopic (exact) mass is 417 g/mol. The van der Waals surface area contributed by atoms with E-state index >= 15 is 0 Å². The molecule has 0 atom stereocenters. The Morgan fingerprint density at radius 2 is 1.47 bits per heavy atom. The summed E-state index contributed by atoms with van der Waals surface area (Å²) in [6.07, 6.45) is 0. The zero-order valence-electron chi connectivity index (χ0n) is 17.6. The maximum atomic E-state index is 3.43. The molecule has 0 aliphatic carbocycles. The second-order valence-electron chi connectivity index (χ2n) is 8.95. The van der Waals surface area contributed by atoms with E-state index in [1.807, 2.05) is 6.07 Å². The summed E-state index contributed by atoms with van der Waals surface area (Å²) in [5.41, 5.74) is 5.42. The Labute approximate surface area is 188 Å². The average molecular weight is 418 g/mol. The van der Waals surface area contributed by atoms with Crippen LogP contribution >= 0.6 is 0 Å². The fraction of sp³-hybridized carbons (Fsp3) is 0.0323. The van der Waals surface area contributed by atoms with Gasteiger partial charge in [0.2, 0.25) is 0 Å². The average Bonchev–Trinajstić information content (AvgIpc) is 3.21. The highest BCUT2D eigenvalue weighted by Crippen LogP contribution is 2.51. The summed E-state index contributed by atoms with van der Waals surface area (Å²) in [4.78, 5) is 0. The third-order valence-corrected chi connectivity index (χ3v) is 8.96. The minimum Gasteiger partial charge on any atom is -0.0757 e. The Hall–Kier alpha value is -3.68. The molecule has 0 saturated heterocycles. The Kier molecular flexibility index (Phi) is 3.05. The maximum Gasteiger partial charge on any atom is 0.0999 e. The fourth-order valence-corrected chi connectivity index (χ4v) is 7.95. The van der Waals surface area contributed by atoms with Gasteiger partial charge in [0, 0.05) is 0 Å². The normalized spacial score (nSPS) is 13.6. The van der Waals surface area contributed by atoms with Crippen molar-refractivity contribution in [1.29, 1.82) is 0 Å². The van der Waals surface area contributed by atoms with Crippen molar-refractivity contribution in [3.05, 3.63) is 96.2 Å². The lowest BCUT2D eigenvalue weighted by molar-refractivity contribution is 1.65. The van der Waals surface area contributed by atoms with E-state index in [9.17, 15) is 0 Å². The highest BCUT2D eigenvalue weighted by atomic mass is 28.2. The molecular weight excluding hydrogens is 400 g/mol. The van der Waals surface area contributed by atoms with Gasteiger partial charge in [0.05, 0.1) is 9.52 Å². The largest absolute Gasteiger partial charge is 0.0999 e. The summed E-state index contributed by atoms with van der Waals surface area (Å²) in [5, 5.41) is 15.9. The number of hydrogen-bond acceptors (Lipinski definition) is 0. The van der Waals surface area contributed by atoms with Crippen molar-refractivity contribution in [2.45, 2.75) is 6.92 Å². The Morgan fingerprint density at radius 3 is 2.38 bits per heavy atom. The van der Waals surface area contributed by atoms with Gasteiger partial charge in [-0.15, -0.1) is 0 Å². The lowest BCUT2D eigenvalue weighted by Crippen LogP contribution is -2.19. The molecular formula is C31H17Si.